The van der Waals surface area contributed by atoms with Crippen LogP contribution in [0.3, 0.4) is 0 Å². The van der Waals surface area contributed by atoms with Crippen molar-refractivity contribution in [3.8, 4) is 5.75 Å². The molecule has 0 bridgehead atoms. The predicted molar refractivity (Wildman–Crippen MR) is 81.4 cm³/mol. The van der Waals surface area contributed by atoms with Gasteiger partial charge in [0.2, 0.25) is 0 Å². The lowest BCUT2D eigenvalue weighted by atomic mass is 9.65. The van der Waals surface area contributed by atoms with Gasteiger partial charge in [-0.15, -0.1) is 0 Å². The Hall–Kier alpha value is -1.06. The van der Waals surface area contributed by atoms with E-state index in [4.69, 9.17) is 10.6 Å². The Morgan fingerprint density at radius 2 is 2.20 bits per heavy atom. The fourth-order valence-corrected chi connectivity index (χ4v) is 4.05. The number of benzene rings is 1. The fourth-order valence-electron chi connectivity index (χ4n) is 4.05. The number of fused-ring (bicyclic) bond motifs is 1. The molecule has 0 amide bonds. The zero-order valence-corrected chi connectivity index (χ0v) is 12.6. The standard InChI is InChI=1S/C17H26N2O/c1-17(2)10-4-3-8-14(17)15(19-18)13-7-5-6-12-9-11-20-16(12)13/h5-7,14-15,19H,3-4,8-11,18H2,1-2H3. The van der Waals surface area contributed by atoms with Crippen LogP contribution in [0.25, 0.3) is 0 Å². The monoisotopic (exact) mass is 274 g/mol. The summed E-state index contributed by atoms with van der Waals surface area (Å²) in [7, 11) is 0. The van der Waals surface area contributed by atoms with Crippen LogP contribution >= 0.6 is 0 Å². The third-order valence-corrected chi connectivity index (χ3v) is 5.25. The second-order valence-electron chi connectivity index (χ2n) is 6.92. The van der Waals surface area contributed by atoms with E-state index in [1.807, 2.05) is 0 Å². The molecule has 0 spiro atoms. The molecule has 0 aromatic heterocycles. The summed E-state index contributed by atoms with van der Waals surface area (Å²) >= 11 is 0. The third kappa shape index (κ3) is 2.33. The zero-order valence-electron chi connectivity index (χ0n) is 12.6. The topological polar surface area (TPSA) is 47.3 Å². The molecule has 1 aliphatic carbocycles. The molecule has 1 aromatic carbocycles. The van der Waals surface area contributed by atoms with Crippen LogP contribution in [0.2, 0.25) is 0 Å². The molecule has 1 saturated carbocycles. The molecule has 20 heavy (non-hydrogen) atoms. The van der Waals surface area contributed by atoms with Crippen LogP contribution < -0.4 is 16.0 Å². The van der Waals surface area contributed by atoms with Crippen LogP contribution in [0.4, 0.5) is 0 Å². The number of nitrogens with one attached hydrogen (secondary N) is 1. The largest absolute Gasteiger partial charge is 0.493 e. The fraction of sp³-hybridized carbons (Fsp3) is 0.647. The van der Waals surface area contributed by atoms with Gasteiger partial charge in [-0.3, -0.25) is 11.3 Å². The number of hydrogen-bond acceptors (Lipinski definition) is 3. The first-order valence-electron chi connectivity index (χ1n) is 7.84. The van der Waals surface area contributed by atoms with E-state index in [1.54, 1.807) is 0 Å². The van der Waals surface area contributed by atoms with Gasteiger partial charge in [0.15, 0.2) is 0 Å². The van der Waals surface area contributed by atoms with Crippen LogP contribution in [0, 0.1) is 11.3 Å². The first kappa shape index (κ1) is 13.9. The van der Waals surface area contributed by atoms with E-state index in [0.29, 0.717) is 11.3 Å². The highest BCUT2D eigenvalue weighted by atomic mass is 16.5. The van der Waals surface area contributed by atoms with Crippen LogP contribution in [-0.4, -0.2) is 6.61 Å². The Morgan fingerprint density at radius 3 is 2.95 bits per heavy atom. The summed E-state index contributed by atoms with van der Waals surface area (Å²) in [5, 5.41) is 0. The molecule has 1 aliphatic heterocycles. The predicted octanol–water partition coefficient (Wildman–Crippen LogP) is 3.34. The van der Waals surface area contributed by atoms with E-state index in [0.717, 1.165) is 18.8 Å². The maximum absolute atomic E-state index is 5.95. The van der Waals surface area contributed by atoms with E-state index >= 15 is 0 Å². The number of para-hydroxylation sites is 1. The third-order valence-electron chi connectivity index (χ3n) is 5.25. The molecular weight excluding hydrogens is 248 g/mol. The van der Waals surface area contributed by atoms with Gasteiger partial charge >= 0.3 is 0 Å². The number of nitrogens with two attached hydrogens (primary N) is 1. The summed E-state index contributed by atoms with van der Waals surface area (Å²) in [6.07, 6.45) is 6.19. The molecular formula is C17H26N2O. The quantitative estimate of drug-likeness (QED) is 0.656. The molecule has 3 heteroatoms. The Balaban J connectivity index is 1.96. The van der Waals surface area contributed by atoms with Crippen LogP contribution in [0.15, 0.2) is 18.2 Å². The molecule has 2 atom stereocenters. The van der Waals surface area contributed by atoms with Crippen molar-refractivity contribution in [3.63, 3.8) is 0 Å². The highest BCUT2D eigenvalue weighted by Crippen LogP contribution is 2.48. The van der Waals surface area contributed by atoms with Crippen LogP contribution in [0.5, 0.6) is 5.75 Å². The second-order valence-corrected chi connectivity index (χ2v) is 6.92. The van der Waals surface area contributed by atoms with Crippen molar-refractivity contribution in [1.82, 2.24) is 5.43 Å². The molecule has 3 N–H and O–H groups in total. The van der Waals surface area contributed by atoms with Crippen molar-refractivity contribution < 1.29 is 4.74 Å². The maximum Gasteiger partial charge on any atom is 0.127 e. The Labute approximate surface area is 121 Å². The average Bonchev–Trinajstić information content (AvgIpc) is 2.90. The summed E-state index contributed by atoms with van der Waals surface area (Å²) in [6, 6.07) is 6.69. The van der Waals surface area contributed by atoms with Crippen molar-refractivity contribution in [1.29, 1.82) is 0 Å². The Morgan fingerprint density at radius 1 is 1.35 bits per heavy atom. The lowest BCUT2D eigenvalue weighted by molar-refractivity contribution is 0.0971. The minimum absolute atomic E-state index is 0.193. The van der Waals surface area contributed by atoms with Gasteiger partial charge in [-0.1, -0.05) is 44.9 Å². The van der Waals surface area contributed by atoms with E-state index in [2.05, 4.69) is 37.5 Å². The second kappa shape index (κ2) is 5.38. The van der Waals surface area contributed by atoms with Gasteiger partial charge in [0.25, 0.3) is 0 Å². The molecule has 2 aliphatic rings. The minimum atomic E-state index is 0.193. The van der Waals surface area contributed by atoms with Crippen molar-refractivity contribution in [2.24, 2.45) is 17.2 Å². The smallest absolute Gasteiger partial charge is 0.127 e. The van der Waals surface area contributed by atoms with Crippen molar-refractivity contribution in [2.45, 2.75) is 52.0 Å². The normalized spacial score (nSPS) is 25.9. The first-order valence-corrected chi connectivity index (χ1v) is 7.84. The Kier molecular flexibility index (Phi) is 3.74. The Bertz CT molecular complexity index is 484. The zero-order chi connectivity index (χ0) is 14.2. The average molecular weight is 274 g/mol. The first-order chi connectivity index (χ1) is 9.63. The van der Waals surface area contributed by atoms with E-state index in [1.165, 1.54) is 36.8 Å². The molecule has 1 fully saturated rings. The number of hydrazine groups is 1. The number of ether oxygens (including phenoxy) is 1. The molecule has 0 saturated heterocycles. The summed E-state index contributed by atoms with van der Waals surface area (Å²) in [6.45, 7) is 5.56. The van der Waals surface area contributed by atoms with E-state index in [9.17, 15) is 0 Å². The highest BCUT2D eigenvalue weighted by molar-refractivity contribution is 5.46. The van der Waals surface area contributed by atoms with Crippen LogP contribution in [0.1, 0.15) is 56.7 Å². The lowest BCUT2D eigenvalue weighted by Crippen LogP contribution is -2.41. The molecule has 0 radical (unpaired) electrons. The van der Waals surface area contributed by atoms with Gasteiger partial charge in [0, 0.05) is 12.0 Å². The van der Waals surface area contributed by atoms with Crippen molar-refractivity contribution >= 4 is 0 Å². The molecule has 1 aromatic rings. The molecule has 110 valence electrons. The van der Waals surface area contributed by atoms with Crippen molar-refractivity contribution in [2.75, 3.05) is 6.61 Å². The molecule has 3 nitrogen and oxygen atoms in total. The SMILES string of the molecule is CC1(C)CCCCC1C(NN)c1cccc2c1OCC2. The summed E-state index contributed by atoms with van der Waals surface area (Å²) < 4.78 is 5.88. The maximum atomic E-state index is 5.95. The van der Waals surface area contributed by atoms with Crippen molar-refractivity contribution in [3.05, 3.63) is 29.3 Å². The van der Waals surface area contributed by atoms with Gasteiger partial charge in [-0.2, -0.15) is 0 Å². The van der Waals surface area contributed by atoms with Gasteiger partial charge in [0.05, 0.1) is 12.6 Å². The van der Waals surface area contributed by atoms with Gasteiger partial charge in [-0.25, -0.2) is 0 Å². The van der Waals surface area contributed by atoms with E-state index in [-0.39, 0.29) is 6.04 Å². The summed E-state index contributed by atoms with van der Waals surface area (Å²) in [5.41, 5.74) is 6.01. The van der Waals surface area contributed by atoms with Gasteiger partial charge in [-0.05, 0) is 29.7 Å². The molecule has 3 rings (SSSR count). The number of rotatable bonds is 3. The molecule has 2 unspecified atom stereocenters. The number of hydrogen-bond donors (Lipinski definition) is 2. The van der Waals surface area contributed by atoms with Gasteiger partial charge in [0.1, 0.15) is 5.75 Å². The lowest BCUT2D eigenvalue weighted by Gasteiger charge is -2.43. The van der Waals surface area contributed by atoms with E-state index < -0.39 is 0 Å². The molecule has 1 heterocycles. The summed E-state index contributed by atoms with van der Waals surface area (Å²) in [4.78, 5) is 0. The van der Waals surface area contributed by atoms with Crippen LogP contribution in [-0.2, 0) is 6.42 Å². The van der Waals surface area contributed by atoms with Gasteiger partial charge < -0.3 is 4.74 Å². The highest BCUT2D eigenvalue weighted by Gasteiger charge is 2.39. The summed E-state index contributed by atoms with van der Waals surface area (Å²) in [5.74, 6) is 7.59. The minimum Gasteiger partial charge on any atom is -0.493 e.